The molecule has 0 amide bonds. The molecule has 1 atom stereocenters. The van der Waals surface area contributed by atoms with Gasteiger partial charge in [-0.1, -0.05) is 38.1 Å². The van der Waals surface area contributed by atoms with Gasteiger partial charge in [-0.05, 0) is 70.4 Å². The lowest BCUT2D eigenvalue weighted by Gasteiger charge is -2.27. The predicted octanol–water partition coefficient (Wildman–Crippen LogP) is 6.11. The van der Waals surface area contributed by atoms with E-state index in [0.29, 0.717) is 18.4 Å². The first-order valence-corrected chi connectivity index (χ1v) is 13.8. The highest BCUT2D eigenvalue weighted by Crippen LogP contribution is 2.32. The zero-order chi connectivity index (χ0) is 32.3. The van der Waals surface area contributed by atoms with Crippen LogP contribution in [0.4, 0.5) is 14.4 Å². The molecule has 0 radical (unpaired) electrons. The molecule has 12 nitrogen and oxygen atoms in total. The molecule has 0 spiro atoms. The summed E-state index contributed by atoms with van der Waals surface area (Å²) in [5.41, 5.74) is 3.57. The Morgan fingerprint density at radius 3 is 1.84 bits per heavy atom. The van der Waals surface area contributed by atoms with Gasteiger partial charge in [0.25, 0.3) is 0 Å². The first kappa shape index (κ1) is 34.9. The van der Waals surface area contributed by atoms with Gasteiger partial charge in [-0.3, -0.25) is 4.79 Å². The van der Waals surface area contributed by atoms with Crippen LogP contribution in [-0.2, 0) is 30.2 Å². The van der Waals surface area contributed by atoms with Crippen molar-refractivity contribution in [1.29, 1.82) is 0 Å². The van der Waals surface area contributed by atoms with Crippen LogP contribution >= 0.6 is 0 Å². The standard InChI is InChI=1S/C31H41NO11/c1-8-29(3,4)42-27(35)40-23-16-15-21(19-24(23)41-28(36)43-30(5,6)9-2)20-31(32,25(33)37-7)17-18-38-26(34)39-22-13-11-10-12-14-22/h10-16,19H,8-9,17-18,20,32H2,1-7H3/t31-/m1/s1. The van der Waals surface area contributed by atoms with Crippen LogP contribution in [0.3, 0.4) is 0 Å². The summed E-state index contributed by atoms with van der Waals surface area (Å²) in [6.07, 6.45) is -2.23. The summed E-state index contributed by atoms with van der Waals surface area (Å²) in [5.74, 6) is -0.780. The lowest BCUT2D eigenvalue weighted by molar-refractivity contribution is -0.147. The zero-order valence-corrected chi connectivity index (χ0v) is 25.7. The van der Waals surface area contributed by atoms with Crippen LogP contribution in [0.2, 0.25) is 0 Å². The predicted molar refractivity (Wildman–Crippen MR) is 155 cm³/mol. The Bertz CT molecular complexity index is 1260. The number of para-hydroxylation sites is 1. The van der Waals surface area contributed by atoms with Crippen LogP contribution in [0.1, 0.15) is 66.4 Å². The van der Waals surface area contributed by atoms with Gasteiger partial charge in [0.05, 0.1) is 13.7 Å². The second kappa shape index (κ2) is 15.2. The van der Waals surface area contributed by atoms with Gasteiger partial charge in [0.2, 0.25) is 0 Å². The molecule has 0 aliphatic carbocycles. The number of hydrogen-bond acceptors (Lipinski definition) is 12. The number of esters is 1. The van der Waals surface area contributed by atoms with Crippen molar-refractivity contribution < 1.29 is 52.3 Å². The second-order valence-corrected chi connectivity index (χ2v) is 11.0. The van der Waals surface area contributed by atoms with Crippen molar-refractivity contribution in [3.05, 3.63) is 54.1 Å². The molecule has 0 aliphatic rings. The fourth-order valence-electron chi connectivity index (χ4n) is 3.40. The maximum absolute atomic E-state index is 12.7. The van der Waals surface area contributed by atoms with Crippen molar-refractivity contribution in [1.82, 2.24) is 0 Å². The Kier molecular flexibility index (Phi) is 12.4. The van der Waals surface area contributed by atoms with Gasteiger partial charge in [-0.15, -0.1) is 0 Å². The van der Waals surface area contributed by atoms with E-state index >= 15 is 0 Å². The van der Waals surface area contributed by atoms with Gasteiger partial charge in [0, 0.05) is 12.8 Å². The van der Waals surface area contributed by atoms with Gasteiger partial charge >= 0.3 is 24.4 Å². The van der Waals surface area contributed by atoms with Crippen molar-refractivity contribution in [2.75, 3.05) is 13.7 Å². The van der Waals surface area contributed by atoms with E-state index in [2.05, 4.69) is 0 Å². The fraction of sp³-hybridized carbons (Fsp3) is 0.484. The molecule has 236 valence electrons. The lowest BCUT2D eigenvalue weighted by atomic mass is 9.88. The largest absolute Gasteiger partial charge is 0.514 e. The van der Waals surface area contributed by atoms with E-state index in [4.69, 9.17) is 38.9 Å². The van der Waals surface area contributed by atoms with E-state index in [1.807, 2.05) is 13.8 Å². The van der Waals surface area contributed by atoms with E-state index < -0.39 is 41.2 Å². The maximum Gasteiger partial charge on any atom is 0.514 e. The minimum absolute atomic E-state index is 0.125. The van der Waals surface area contributed by atoms with Gasteiger partial charge in [-0.25, -0.2) is 14.4 Å². The Morgan fingerprint density at radius 1 is 0.744 bits per heavy atom. The fourth-order valence-corrected chi connectivity index (χ4v) is 3.40. The Labute approximate surface area is 251 Å². The molecule has 2 N–H and O–H groups in total. The Hall–Kier alpha value is -4.32. The quantitative estimate of drug-likeness (QED) is 0.159. The molecule has 0 heterocycles. The Morgan fingerprint density at radius 2 is 1.30 bits per heavy atom. The van der Waals surface area contributed by atoms with Crippen molar-refractivity contribution in [3.63, 3.8) is 0 Å². The molecule has 0 aromatic heterocycles. The van der Waals surface area contributed by atoms with E-state index in [0.717, 1.165) is 0 Å². The smallest absolute Gasteiger partial charge is 0.468 e. The number of ether oxygens (including phenoxy) is 7. The molecule has 2 aromatic carbocycles. The number of benzene rings is 2. The molecular formula is C31H41NO11. The molecule has 2 rings (SSSR count). The summed E-state index contributed by atoms with van der Waals surface area (Å²) in [6.45, 7) is 10.3. The number of carbonyl (C=O) groups excluding carboxylic acids is 4. The van der Waals surface area contributed by atoms with Crippen LogP contribution in [0, 0.1) is 0 Å². The SMILES string of the molecule is CCC(C)(C)OC(=O)Oc1ccc(C[C@](N)(CCOC(=O)Oc2ccccc2)C(=O)OC)cc1OC(=O)OC(C)(C)CC. The van der Waals surface area contributed by atoms with Crippen LogP contribution in [0.5, 0.6) is 17.2 Å². The maximum atomic E-state index is 12.7. The van der Waals surface area contributed by atoms with Gasteiger partial charge in [0.1, 0.15) is 22.5 Å². The number of methoxy groups -OCH3 is 1. The molecular weight excluding hydrogens is 562 g/mol. The normalized spacial score (nSPS) is 12.7. The van der Waals surface area contributed by atoms with Crippen molar-refractivity contribution in [3.8, 4) is 17.2 Å². The number of carbonyl (C=O) groups is 4. The zero-order valence-electron chi connectivity index (χ0n) is 25.7. The van der Waals surface area contributed by atoms with E-state index in [1.165, 1.54) is 25.3 Å². The summed E-state index contributed by atoms with van der Waals surface area (Å²) in [7, 11) is 1.18. The summed E-state index contributed by atoms with van der Waals surface area (Å²) < 4.78 is 36.6. The van der Waals surface area contributed by atoms with Gasteiger partial charge in [0.15, 0.2) is 11.5 Å². The molecule has 43 heavy (non-hydrogen) atoms. The first-order valence-electron chi connectivity index (χ1n) is 13.8. The highest BCUT2D eigenvalue weighted by Gasteiger charge is 2.36. The molecule has 0 saturated heterocycles. The van der Waals surface area contributed by atoms with E-state index in [9.17, 15) is 19.2 Å². The number of rotatable bonds is 13. The van der Waals surface area contributed by atoms with Crippen LogP contribution in [0.15, 0.2) is 48.5 Å². The monoisotopic (exact) mass is 603 g/mol. The molecule has 12 heteroatoms. The van der Waals surface area contributed by atoms with Crippen LogP contribution < -0.4 is 19.9 Å². The minimum atomic E-state index is -1.66. The van der Waals surface area contributed by atoms with E-state index in [-0.39, 0.29) is 36.7 Å². The highest BCUT2D eigenvalue weighted by molar-refractivity contribution is 5.81. The number of hydrogen-bond donors (Lipinski definition) is 1. The first-order chi connectivity index (χ1) is 20.1. The average molecular weight is 604 g/mol. The second-order valence-electron chi connectivity index (χ2n) is 11.0. The van der Waals surface area contributed by atoms with Gasteiger partial charge in [-0.2, -0.15) is 0 Å². The van der Waals surface area contributed by atoms with Crippen LogP contribution in [0.25, 0.3) is 0 Å². The Balaban J connectivity index is 2.26. The molecule has 0 bridgehead atoms. The third kappa shape index (κ3) is 11.5. The number of nitrogens with two attached hydrogens (primary N) is 1. The topological polar surface area (TPSA) is 159 Å². The summed E-state index contributed by atoms with van der Waals surface area (Å²) in [6, 6.07) is 12.6. The highest BCUT2D eigenvalue weighted by atomic mass is 16.8. The molecule has 0 unspecified atom stereocenters. The van der Waals surface area contributed by atoms with Crippen LogP contribution in [-0.4, -0.2) is 54.9 Å². The van der Waals surface area contributed by atoms with Crippen molar-refractivity contribution in [2.45, 2.75) is 84.0 Å². The summed E-state index contributed by atoms with van der Waals surface area (Å²) >= 11 is 0. The van der Waals surface area contributed by atoms with Crippen molar-refractivity contribution in [2.24, 2.45) is 5.73 Å². The van der Waals surface area contributed by atoms with Gasteiger partial charge < -0.3 is 38.9 Å². The third-order valence-corrected chi connectivity index (χ3v) is 6.64. The molecule has 2 aromatic rings. The average Bonchev–Trinajstić information content (AvgIpc) is 2.93. The minimum Gasteiger partial charge on any atom is -0.468 e. The molecule has 0 fully saturated rings. The lowest BCUT2D eigenvalue weighted by Crippen LogP contribution is -2.51. The summed E-state index contributed by atoms with van der Waals surface area (Å²) in [5, 5.41) is 0. The molecule has 0 saturated carbocycles. The van der Waals surface area contributed by atoms with Crippen molar-refractivity contribution >= 4 is 24.4 Å². The van der Waals surface area contributed by atoms with E-state index in [1.54, 1.807) is 58.0 Å². The summed E-state index contributed by atoms with van der Waals surface area (Å²) in [4.78, 5) is 49.9. The third-order valence-electron chi connectivity index (χ3n) is 6.64. The molecule has 0 aliphatic heterocycles.